The number of nitrogens with one attached hydrogen (secondary N) is 2. The summed E-state index contributed by atoms with van der Waals surface area (Å²) in [5.41, 5.74) is 1.60. The summed E-state index contributed by atoms with van der Waals surface area (Å²) in [5.74, 6) is 1.16. The highest BCUT2D eigenvalue weighted by atomic mass is 16.5. The Kier molecular flexibility index (Phi) is 4.96. The number of hydrogen-bond donors (Lipinski definition) is 2. The van der Waals surface area contributed by atoms with Crippen LogP contribution in [0.5, 0.6) is 0 Å². The Labute approximate surface area is 161 Å². The number of amides is 2. The van der Waals surface area contributed by atoms with Gasteiger partial charge < -0.3 is 19.2 Å². The summed E-state index contributed by atoms with van der Waals surface area (Å²) in [5, 5.41) is 13.7. The standard InChI is InChI=1S/C19H21N5O4/c1-12-9-17(23-28-12)19(26)24-6-4-13(5-7-24)15-10-16(22-21-15)18(25)20-11-14-3-2-8-27-14/h2-3,8-10,13H,4-7,11H2,1H3,(H,20,25)(H,21,22). The molecule has 0 radical (unpaired) electrons. The fourth-order valence-corrected chi connectivity index (χ4v) is 3.36. The number of nitrogens with zero attached hydrogens (tertiary/aromatic N) is 3. The average molecular weight is 383 g/mol. The minimum absolute atomic E-state index is 0.113. The van der Waals surface area contributed by atoms with Crippen LogP contribution in [0.2, 0.25) is 0 Å². The Morgan fingerprint density at radius 1 is 1.29 bits per heavy atom. The molecule has 0 atom stereocenters. The molecule has 2 amide bonds. The van der Waals surface area contributed by atoms with Crippen LogP contribution in [0, 0.1) is 6.92 Å². The number of furan rings is 1. The van der Waals surface area contributed by atoms with E-state index in [1.54, 1.807) is 42.4 Å². The maximum absolute atomic E-state index is 12.4. The number of carbonyl (C=O) groups excluding carboxylic acids is 2. The molecule has 1 saturated heterocycles. The number of aromatic amines is 1. The van der Waals surface area contributed by atoms with Crippen molar-refractivity contribution >= 4 is 11.8 Å². The van der Waals surface area contributed by atoms with Gasteiger partial charge in [-0.15, -0.1) is 0 Å². The lowest BCUT2D eigenvalue weighted by Crippen LogP contribution is -2.38. The molecule has 146 valence electrons. The molecule has 0 spiro atoms. The quantitative estimate of drug-likeness (QED) is 0.698. The zero-order valence-corrected chi connectivity index (χ0v) is 15.5. The first-order valence-corrected chi connectivity index (χ1v) is 9.18. The fraction of sp³-hybridized carbons (Fsp3) is 0.368. The number of piperidine rings is 1. The monoisotopic (exact) mass is 383 g/mol. The predicted molar refractivity (Wildman–Crippen MR) is 97.6 cm³/mol. The molecule has 0 bridgehead atoms. The fourth-order valence-electron chi connectivity index (χ4n) is 3.36. The van der Waals surface area contributed by atoms with Gasteiger partial charge >= 0.3 is 0 Å². The van der Waals surface area contributed by atoms with Crippen molar-refractivity contribution in [3.63, 3.8) is 0 Å². The van der Waals surface area contributed by atoms with Crippen molar-refractivity contribution in [1.29, 1.82) is 0 Å². The molecule has 0 unspecified atom stereocenters. The molecule has 0 saturated carbocycles. The van der Waals surface area contributed by atoms with E-state index in [0.717, 1.165) is 18.5 Å². The molecule has 1 aliphatic rings. The number of aryl methyl sites for hydroxylation is 1. The van der Waals surface area contributed by atoms with Crippen molar-refractivity contribution in [2.45, 2.75) is 32.2 Å². The smallest absolute Gasteiger partial charge is 0.276 e. The summed E-state index contributed by atoms with van der Waals surface area (Å²) in [6, 6.07) is 7.00. The van der Waals surface area contributed by atoms with Gasteiger partial charge in [-0.25, -0.2) is 0 Å². The van der Waals surface area contributed by atoms with Crippen molar-refractivity contribution in [1.82, 2.24) is 25.6 Å². The lowest BCUT2D eigenvalue weighted by atomic mass is 9.93. The molecule has 9 heteroatoms. The van der Waals surface area contributed by atoms with Gasteiger partial charge in [0.15, 0.2) is 5.69 Å². The summed E-state index contributed by atoms with van der Waals surface area (Å²) in [6.07, 6.45) is 3.14. The normalized spacial score (nSPS) is 15.0. The third-order valence-electron chi connectivity index (χ3n) is 4.90. The van der Waals surface area contributed by atoms with Crippen LogP contribution in [0.25, 0.3) is 0 Å². The third-order valence-corrected chi connectivity index (χ3v) is 4.90. The van der Waals surface area contributed by atoms with Gasteiger partial charge in [0, 0.05) is 30.8 Å². The van der Waals surface area contributed by atoms with Gasteiger partial charge in [-0.2, -0.15) is 5.10 Å². The van der Waals surface area contributed by atoms with Gasteiger partial charge in [0.1, 0.15) is 17.2 Å². The van der Waals surface area contributed by atoms with Crippen LogP contribution in [0.1, 0.15) is 57.0 Å². The molecule has 4 rings (SSSR count). The summed E-state index contributed by atoms with van der Waals surface area (Å²) in [4.78, 5) is 26.5. The maximum atomic E-state index is 12.4. The third kappa shape index (κ3) is 3.83. The highest BCUT2D eigenvalue weighted by molar-refractivity contribution is 5.92. The van der Waals surface area contributed by atoms with E-state index in [0.29, 0.717) is 42.5 Å². The van der Waals surface area contributed by atoms with Crippen molar-refractivity contribution in [3.8, 4) is 0 Å². The SMILES string of the molecule is Cc1cc(C(=O)N2CCC(c3cc(C(=O)NCc4ccco4)n[nH]3)CC2)no1. The molecule has 1 fully saturated rings. The van der Waals surface area contributed by atoms with Crippen LogP contribution in [-0.4, -0.2) is 45.2 Å². The van der Waals surface area contributed by atoms with Crippen LogP contribution in [0.15, 0.2) is 39.5 Å². The largest absolute Gasteiger partial charge is 0.467 e. The summed E-state index contributed by atoms with van der Waals surface area (Å²) >= 11 is 0. The topological polar surface area (TPSA) is 117 Å². The van der Waals surface area contributed by atoms with Crippen molar-refractivity contribution in [2.24, 2.45) is 0 Å². The van der Waals surface area contributed by atoms with Gasteiger partial charge in [0.05, 0.1) is 12.8 Å². The molecule has 2 N–H and O–H groups in total. The van der Waals surface area contributed by atoms with E-state index in [1.165, 1.54) is 0 Å². The van der Waals surface area contributed by atoms with Gasteiger partial charge in [-0.05, 0) is 38.0 Å². The molecule has 1 aliphatic heterocycles. The van der Waals surface area contributed by atoms with Crippen molar-refractivity contribution in [3.05, 3.63) is 59.1 Å². The van der Waals surface area contributed by atoms with Crippen LogP contribution in [0.3, 0.4) is 0 Å². The number of H-pyrrole nitrogens is 1. The van der Waals surface area contributed by atoms with Crippen LogP contribution in [0.4, 0.5) is 0 Å². The summed E-state index contributed by atoms with van der Waals surface area (Å²) < 4.78 is 10.2. The zero-order valence-electron chi connectivity index (χ0n) is 15.5. The van der Waals surface area contributed by atoms with E-state index in [2.05, 4.69) is 20.7 Å². The lowest BCUT2D eigenvalue weighted by molar-refractivity contribution is 0.0701. The minimum Gasteiger partial charge on any atom is -0.467 e. The number of carbonyl (C=O) groups is 2. The molecule has 28 heavy (non-hydrogen) atoms. The van der Waals surface area contributed by atoms with E-state index < -0.39 is 0 Å². The Bertz CT molecular complexity index is 951. The highest BCUT2D eigenvalue weighted by Gasteiger charge is 2.27. The number of likely N-dealkylation sites (tertiary alicyclic amines) is 1. The van der Waals surface area contributed by atoms with Crippen molar-refractivity contribution < 1.29 is 18.5 Å². The molecule has 3 aromatic rings. The van der Waals surface area contributed by atoms with Crippen LogP contribution in [-0.2, 0) is 6.54 Å². The molecular weight excluding hydrogens is 362 g/mol. The Balaban J connectivity index is 1.31. The first-order valence-electron chi connectivity index (χ1n) is 9.18. The van der Waals surface area contributed by atoms with E-state index in [1.807, 2.05) is 0 Å². The predicted octanol–water partition coefficient (Wildman–Crippen LogP) is 2.25. The van der Waals surface area contributed by atoms with E-state index in [-0.39, 0.29) is 17.7 Å². The molecular formula is C19H21N5O4. The Morgan fingerprint density at radius 2 is 2.11 bits per heavy atom. The number of rotatable bonds is 5. The molecule has 0 aromatic carbocycles. The van der Waals surface area contributed by atoms with E-state index in [4.69, 9.17) is 8.94 Å². The average Bonchev–Trinajstić information content (AvgIpc) is 3.47. The van der Waals surface area contributed by atoms with E-state index >= 15 is 0 Å². The maximum Gasteiger partial charge on any atom is 0.276 e. The zero-order chi connectivity index (χ0) is 19.5. The summed E-state index contributed by atoms with van der Waals surface area (Å²) in [7, 11) is 0. The lowest BCUT2D eigenvalue weighted by Gasteiger charge is -2.30. The molecule has 4 heterocycles. The van der Waals surface area contributed by atoms with Gasteiger partial charge in [-0.1, -0.05) is 5.16 Å². The van der Waals surface area contributed by atoms with Crippen LogP contribution >= 0.6 is 0 Å². The number of hydrogen-bond acceptors (Lipinski definition) is 6. The first kappa shape index (κ1) is 18.0. The minimum atomic E-state index is -0.257. The molecule has 0 aliphatic carbocycles. The van der Waals surface area contributed by atoms with Crippen molar-refractivity contribution in [2.75, 3.05) is 13.1 Å². The Morgan fingerprint density at radius 3 is 2.79 bits per heavy atom. The Hall–Kier alpha value is -3.36. The summed E-state index contributed by atoms with van der Waals surface area (Å²) in [6.45, 7) is 3.32. The number of aromatic nitrogens is 3. The second-order valence-corrected chi connectivity index (χ2v) is 6.86. The van der Waals surface area contributed by atoms with Gasteiger partial charge in [-0.3, -0.25) is 14.7 Å². The van der Waals surface area contributed by atoms with Gasteiger partial charge in [0.25, 0.3) is 11.8 Å². The molecule has 9 nitrogen and oxygen atoms in total. The van der Waals surface area contributed by atoms with Crippen LogP contribution < -0.4 is 5.32 Å². The first-order chi connectivity index (χ1) is 13.6. The van der Waals surface area contributed by atoms with E-state index in [9.17, 15) is 9.59 Å². The highest BCUT2D eigenvalue weighted by Crippen LogP contribution is 2.27. The van der Waals surface area contributed by atoms with Gasteiger partial charge in [0.2, 0.25) is 0 Å². The second kappa shape index (κ2) is 7.71. The molecule has 3 aromatic heterocycles. The second-order valence-electron chi connectivity index (χ2n) is 6.86.